The molecule has 1 heterocycles. The van der Waals surface area contributed by atoms with Gasteiger partial charge >= 0.3 is 0 Å². The van der Waals surface area contributed by atoms with Crippen molar-refractivity contribution < 1.29 is 19.0 Å². The van der Waals surface area contributed by atoms with Gasteiger partial charge in [-0.25, -0.2) is 0 Å². The summed E-state index contributed by atoms with van der Waals surface area (Å²) in [5, 5.41) is 6.90. The van der Waals surface area contributed by atoms with Gasteiger partial charge < -0.3 is 19.5 Å². The van der Waals surface area contributed by atoms with E-state index >= 15 is 0 Å². The van der Waals surface area contributed by atoms with E-state index in [2.05, 4.69) is 10.4 Å². The van der Waals surface area contributed by atoms with Crippen LogP contribution in [0.2, 0.25) is 0 Å². The zero-order chi connectivity index (χ0) is 20.6. The van der Waals surface area contributed by atoms with Crippen LogP contribution in [-0.2, 0) is 13.7 Å². The van der Waals surface area contributed by atoms with Gasteiger partial charge in [0, 0.05) is 18.9 Å². The number of aromatic nitrogens is 2. The topological polar surface area (TPSA) is 74.6 Å². The summed E-state index contributed by atoms with van der Waals surface area (Å²) < 4.78 is 18.7. The molecule has 1 amide bonds. The minimum atomic E-state index is -0.253. The van der Waals surface area contributed by atoms with Crippen LogP contribution in [0.3, 0.4) is 0 Å². The van der Waals surface area contributed by atoms with Crippen LogP contribution < -0.4 is 19.5 Å². The van der Waals surface area contributed by atoms with Gasteiger partial charge in [0.2, 0.25) is 0 Å². The molecule has 2 aromatic carbocycles. The molecule has 29 heavy (non-hydrogen) atoms. The molecule has 1 N–H and O–H groups in total. The standard InChI is InChI=1S/C22H25N3O4/c1-4-27-20-11-6-16(14-21(20)28-5-2)15-29-18-9-7-17(8-10-18)23-22(26)19-12-13-25(3)24-19/h6-14H,4-5,15H2,1-3H3,(H,23,26). The average Bonchev–Trinajstić information content (AvgIpc) is 3.16. The largest absolute Gasteiger partial charge is 0.490 e. The summed E-state index contributed by atoms with van der Waals surface area (Å²) in [5.74, 6) is 1.89. The predicted octanol–water partition coefficient (Wildman–Crippen LogP) is 4.05. The summed E-state index contributed by atoms with van der Waals surface area (Å²) in [7, 11) is 1.77. The monoisotopic (exact) mass is 395 g/mol. The third kappa shape index (κ3) is 5.51. The molecule has 0 aliphatic heterocycles. The van der Waals surface area contributed by atoms with Crippen LogP contribution in [0.1, 0.15) is 29.9 Å². The van der Waals surface area contributed by atoms with Crippen molar-refractivity contribution in [3.8, 4) is 17.2 Å². The SMILES string of the molecule is CCOc1ccc(COc2ccc(NC(=O)c3ccn(C)n3)cc2)cc1OCC. The summed E-state index contributed by atoms with van der Waals surface area (Å²) >= 11 is 0. The Hall–Kier alpha value is -3.48. The van der Waals surface area contributed by atoms with Crippen LogP contribution in [0.15, 0.2) is 54.7 Å². The van der Waals surface area contributed by atoms with E-state index in [0.29, 0.717) is 42.7 Å². The zero-order valence-corrected chi connectivity index (χ0v) is 16.8. The highest BCUT2D eigenvalue weighted by Gasteiger charge is 2.09. The number of carbonyl (C=O) groups excluding carboxylic acids is 1. The van der Waals surface area contributed by atoms with Gasteiger partial charge in [-0.15, -0.1) is 0 Å². The second-order valence-corrected chi connectivity index (χ2v) is 6.29. The number of hydrogen-bond acceptors (Lipinski definition) is 5. The Kier molecular flexibility index (Phi) is 6.73. The predicted molar refractivity (Wildman–Crippen MR) is 111 cm³/mol. The zero-order valence-electron chi connectivity index (χ0n) is 16.8. The van der Waals surface area contributed by atoms with E-state index in [4.69, 9.17) is 14.2 Å². The molecule has 7 heteroatoms. The number of nitrogens with zero attached hydrogens (tertiary/aromatic N) is 2. The number of carbonyl (C=O) groups is 1. The third-order valence-corrected chi connectivity index (χ3v) is 4.07. The molecule has 0 fully saturated rings. The number of rotatable bonds is 9. The Bertz CT molecular complexity index is 951. The molecule has 0 atom stereocenters. The molecule has 0 radical (unpaired) electrons. The molecular formula is C22H25N3O4. The Labute approximate surface area is 170 Å². The van der Waals surface area contributed by atoms with Gasteiger partial charge in [-0.2, -0.15) is 5.10 Å². The van der Waals surface area contributed by atoms with E-state index in [1.54, 1.807) is 36.1 Å². The molecule has 0 saturated heterocycles. The average molecular weight is 395 g/mol. The van der Waals surface area contributed by atoms with E-state index in [1.165, 1.54) is 0 Å². The highest BCUT2D eigenvalue weighted by atomic mass is 16.5. The molecule has 7 nitrogen and oxygen atoms in total. The van der Waals surface area contributed by atoms with Crippen molar-refractivity contribution >= 4 is 11.6 Å². The molecule has 0 aliphatic rings. The number of anilines is 1. The highest BCUT2D eigenvalue weighted by molar-refractivity contribution is 6.02. The van der Waals surface area contributed by atoms with E-state index in [-0.39, 0.29) is 5.91 Å². The minimum Gasteiger partial charge on any atom is -0.490 e. The Morgan fingerprint density at radius 3 is 2.34 bits per heavy atom. The number of hydrogen-bond donors (Lipinski definition) is 1. The van der Waals surface area contributed by atoms with Crippen LogP contribution in [0, 0.1) is 0 Å². The van der Waals surface area contributed by atoms with E-state index in [0.717, 1.165) is 11.3 Å². The van der Waals surface area contributed by atoms with Crippen molar-refractivity contribution in [2.45, 2.75) is 20.5 Å². The maximum Gasteiger partial charge on any atom is 0.276 e. The fourth-order valence-electron chi connectivity index (χ4n) is 2.72. The first kappa shape index (κ1) is 20.3. The lowest BCUT2D eigenvalue weighted by Gasteiger charge is -2.13. The molecule has 1 aromatic heterocycles. The number of nitrogens with one attached hydrogen (secondary N) is 1. The maximum atomic E-state index is 12.1. The number of ether oxygens (including phenoxy) is 3. The van der Waals surface area contributed by atoms with Gasteiger partial charge in [-0.1, -0.05) is 6.07 Å². The Morgan fingerprint density at radius 1 is 0.966 bits per heavy atom. The molecule has 0 spiro atoms. The van der Waals surface area contributed by atoms with E-state index in [9.17, 15) is 4.79 Å². The van der Waals surface area contributed by atoms with Crippen molar-refractivity contribution in [3.05, 3.63) is 66.0 Å². The van der Waals surface area contributed by atoms with Crippen LogP contribution in [0.5, 0.6) is 17.2 Å². The molecule has 3 rings (SSSR count). The fourth-order valence-corrected chi connectivity index (χ4v) is 2.72. The Balaban J connectivity index is 1.58. The van der Waals surface area contributed by atoms with Crippen molar-refractivity contribution in [2.24, 2.45) is 7.05 Å². The van der Waals surface area contributed by atoms with Gasteiger partial charge in [-0.3, -0.25) is 9.48 Å². The highest BCUT2D eigenvalue weighted by Crippen LogP contribution is 2.29. The van der Waals surface area contributed by atoms with Gasteiger partial charge in [0.1, 0.15) is 12.4 Å². The smallest absolute Gasteiger partial charge is 0.276 e. The van der Waals surface area contributed by atoms with Crippen molar-refractivity contribution in [2.75, 3.05) is 18.5 Å². The molecule has 152 valence electrons. The molecule has 0 saturated carbocycles. The van der Waals surface area contributed by atoms with Crippen LogP contribution in [0.4, 0.5) is 5.69 Å². The normalized spacial score (nSPS) is 10.4. The summed E-state index contributed by atoms with van der Waals surface area (Å²) in [6.45, 7) is 5.42. The molecule has 3 aromatic rings. The summed E-state index contributed by atoms with van der Waals surface area (Å²) in [5.41, 5.74) is 2.02. The van der Waals surface area contributed by atoms with E-state index in [1.807, 2.05) is 44.2 Å². The Morgan fingerprint density at radius 2 is 1.69 bits per heavy atom. The number of benzene rings is 2. The van der Waals surface area contributed by atoms with Crippen LogP contribution >= 0.6 is 0 Å². The van der Waals surface area contributed by atoms with E-state index < -0.39 is 0 Å². The summed E-state index contributed by atoms with van der Waals surface area (Å²) in [4.78, 5) is 12.1. The lowest BCUT2D eigenvalue weighted by molar-refractivity contribution is 0.102. The molecule has 0 unspecified atom stereocenters. The van der Waals surface area contributed by atoms with Gasteiger partial charge in [0.15, 0.2) is 17.2 Å². The first-order valence-corrected chi connectivity index (χ1v) is 9.51. The summed E-state index contributed by atoms with van der Waals surface area (Å²) in [6.07, 6.45) is 1.73. The van der Waals surface area contributed by atoms with Gasteiger partial charge in [0.25, 0.3) is 5.91 Å². The molecule has 0 bridgehead atoms. The van der Waals surface area contributed by atoms with Crippen molar-refractivity contribution in [3.63, 3.8) is 0 Å². The lowest BCUT2D eigenvalue weighted by atomic mass is 10.2. The number of aryl methyl sites for hydroxylation is 1. The quantitative estimate of drug-likeness (QED) is 0.592. The van der Waals surface area contributed by atoms with Crippen LogP contribution in [0.25, 0.3) is 0 Å². The molecular weight excluding hydrogens is 370 g/mol. The lowest BCUT2D eigenvalue weighted by Crippen LogP contribution is -2.12. The third-order valence-electron chi connectivity index (χ3n) is 4.07. The fraction of sp³-hybridized carbons (Fsp3) is 0.273. The van der Waals surface area contributed by atoms with Crippen LogP contribution in [-0.4, -0.2) is 28.9 Å². The second kappa shape index (κ2) is 9.64. The number of amides is 1. The first-order chi connectivity index (χ1) is 14.1. The minimum absolute atomic E-state index is 0.253. The summed E-state index contributed by atoms with van der Waals surface area (Å²) in [6, 6.07) is 14.6. The van der Waals surface area contributed by atoms with Crippen molar-refractivity contribution in [1.82, 2.24) is 9.78 Å². The molecule has 0 aliphatic carbocycles. The van der Waals surface area contributed by atoms with Gasteiger partial charge in [0.05, 0.1) is 13.2 Å². The maximum absolute atomic E-state index is 12.1. The first-order valence-electron chi connectivity index (χ1n) is 9.51. The van der Waals surface area contributed by atoms with Gasteiger partial charge in [-0.05, 0) is 61.9 Å². The second-order valence-electron chi connectivity index (χ2n) is 6.29. The van der Waals surface area contributed by atoms with Crippen molar-refractivity contribution in [1.29, 1.82) is 0 Å².